The van der Waals surface area contributed by atoms with Gasteiger partial charge in [-0.05, 0) is 43.2 Å². The van der Waals surface area contributed by atoms with E-state index in [1.54, 1.807) is 17.6 Å². The van der Waals surface area contributed by atoms with E-state index in [0.29, 0.717) is 17.9 Å². The number of thiazole rings is 1. The monoisotopic (exact) mass is 338 g/mol. The summed E-state index contributed by atoms with van der Waals surface area (Å²) < 4.78 is 5.78. The molecule has 1 N–H and O–H groups in total. The number of ether oxygens (including phenoxy) is 1. The van der Waals surface area contributed by atoms with E-state index in [2.05, 4.69) is 10.3 Å². The number of carbonyl (C=O) groups is 1. The van der Waals surface area contributed by atoms with Gasteiger partial charge >= 0.3 is 0 Å². The van der Waals surface area contributed by atoms with Gasteiger partial charge in [-0.3, -0.25) is 4.79 Å². The maximum Gasteiger partial charge on any atom is 0.259 e. The van der Waals surface area contributed by atoms with Gasteiger partial charge in [0, 0.05) is 11.1 Å². The van der Waals surface area contributed by atoms with Gasteiger partial charge in [0.15, 0.2) is 0 Å². The lowest BCUT2D eigenvalue weighted by Gasteiger charge is -2.13. The summed E-state index contributed by atoms with van der Waals surface area (Å²) in [5.74, 6) is 0.367. The Balaban J connectivity index is 1.78. The molecule has 5 heteroatoms. The van der Waals surface area contributed by atoms with Crippen molar-refractivity contribution in [3.05, 3.63) is 75.7 Å². The first-order valence-corrected chi connectivity index (χ1v) is 8.56. The Morgan fingerprint density at radius 1 is 1.17 bits per heavy atom. The lowest BCUT2D eigenvalue weighted by Crippen LogP contribution is -2.14. The molecule has 1 heterocycles. The highest BCUT2D eigenvalue weighted by atomic mass is 32.1. The van der Waals surface area contributed by atoms with Gasteiger partial charge in [0.2, 0.25) is 0 Å². The number of hydrogen-bond acceptors (Lipinski definition) is 4. The highest BCUT2D eigenvalue weighted by Crippen LogP contribution is 2.23. The van der Waals surface area contributed by atoms with Crippen LogP contribution in [-0.2, 0) is 6.61 Å². The van der Waals surface area contributed by atoms with Crippen LogP contribution in [0.5, 0.6) is 5.75 Å². The average Bonchev–Trinajstić information content (AvgIpc) is 3.11. The zero-order chi connectivity index (χ0) is 16.9. The van der Waals surface area contributed by atoms with Crippen LogP contribution >= 0.6 is 11.3 Å². The second kappa shape index (κ2) is 7.27. The molecule has 0 atom stereocenters. The number of anilines is 1. The molecule has 1 aromatic heterocycles. The van der Waals surface area contributed by atoms with E-state index in [-0.39, 0.29) is 5.91 Å². The Morgan fingerprint density at radius 3 is 2.79 bits per heavy atom. The molecule has 0 spiro atoms. The number of hydrogen-bond donors (Lipinski definition) is 1. The largest absolute Gasteiger partial charge is 0.486 e. The SMILES string of the molecule is Cc1cccc(NC(=O)c2ccccc2OCc2cscn2)c1C. The lowest BCUT2D eigenvalue weighted by molar-refractivity contribution is 0.102. The molecule has 1 amide bonds. The van der Waals surface area contributed by atoms with Crippen molar-refractivity contribution in [2.45, 2.75) is 20.5 Å². The van der Waals surface area contributed by atoms with Crippen molar-refractivity contribution in [3.63, 3.8) is 0 Å². The van der Waals surface area contributed by atoms with E-state index >= 15 is 0 Å². The molecule has 0 unspecified atom stereocenters. The van der Waals surface area contributed by atoms with Crippen molar-refractivity contribution in [2.75, 3.05) is 5.32 Å². The smallest absolute Gasteiger partial charge is 0.259 e. The topological polar surface area (TPSA) is 51.2 Å². The first kappa shape index (κ1) is 16.2. The molecule has 2 aromatic carbocycles. The van der Waals surface area contributed by atoms with Crippen LogP contribution in [0.4, 0.5) is 5.69 Å². The highest BCUT2D eigenvalue weighted by Gasteiger charge is 2.14. The fraction of sp³-hybridized carbons (Fsp3) is 0.158. The van der Waals surface area contributed by atoms with Crippen LogP contribution in [0.1, 0.15) is 27.2 Å². The van der Waals surface area contributed by atoms with Crippen molar-refractivity contribution in [2.24, 2.45) is 0 Å². The normalized spacial score (nSPS) is 10.4. The minimum atomic E-state index is -0.183. The Morgan fingerprint density at radius 2 is 2.00 bits per heavy atom. The standard InChI is InChI=1S/C19H18N2O2S/c1-13-6-5-8-17(14(13)2)21-19(22)16-7-3-4-9-18(16)23-10-15-11-24-12-20-15/h3-9,11-12H,10H2,1-2H3,(H,21,22). The van der Waals surface area contributed by atoms with Crippen LogP contribution in [0.3, 0.4) is 0 Å². The second-order valence-corrected chi connectivity index (χ2v) is 6.18. The summed E-state index contributed by atoms with van der Waals surface area (Å²) in [5.41, 5.74) is 6.14. The molecule has 3 rings (SSSR count). The molecule has 0 bridgehead atoms. The maximum atomic E-state index is 12.7. The third kappa shape index (κ3) is 3.63. The van der Waals surface area contributed by atoms with Gasteiger partial charge in [0.1, 0.15) is 12.4 Å². The van der Waals surface area contributed by atoms with Crippen LogP contribution in [0, 0.1) is 13.8 Å². The molecule has 24 heavy (non-hydrogen) atoms. The van der Waals surface area contributed by atoms with Crippen LogP contribution in [0.2, 0.25) is 0 Å². The Labute approximate surface area is 145 Å². The quantitative estimate of drug-likeness (QED) is 0.740. The molecule has 0 aliphatic rings. The van der Waals surface area contributed by atoms with Crippen molar-refractivity contribution in [3.8, 4) is 5.75 Å². The summed E-state index contributed by atoms with van der Waals surface area (Å²) in [6, 6.07) is 13.1. The lowest BCUT2D eigenvalue weighted by atomic mass is 10.1. The summed E-state index contributed by atoms with van der Waals surface area (Å²) in [7, 11) is 0. The summed E-state index contributed by atoms with van der Waals surface area (Å²) in [4.78, 5) is 16.8. The number of nitrogens with zero attached hydrogens (tertiary/aromatic N) is 1. The van der Waals surface area contributed by atoms with Gasteiger partial charge in [-0.1, -0.05) is 24.3 Å². The van der Waals surface area contributed by atoms with Crippen molar-refractivity contribution in [1.29, 1.82) is 0 Å². The number of rotatable bonds is 5. The zero-order valence-corrected chi connectivity index (χ0v) is 14.4. The van der Waals surface area contributed by atoms with Gasteiger partial charge in [-0.15, -0.1) is 11.3 Å². The molecule has 0 fully saturated rings. The van der Waals surface area contributed by atoms with Crippen LogP contribution < -0.4 is 10.1 Å². The molecule has 0 saturated heterocycles. The predicted molar refractivity (Wildman–Crippen MR) is 96.8 cm³/mol. The van der Waals surface area contributed by atoms with E-state index in [4.69, 9.17) is 4.74 Å². The summed E-state index contributed by atoms with van der Waals surface area (Å²) in [6.45, 7) is 4.36. The molecular formula is C19H18N2O2S. The van der Waals surface area contributed by atoms with Gasteiger partial charge in [0.25, 0.3) is 5.91 Å². The number of aryl methyl sites for hydroxylation is 1. The number of carbonyl (C=O) groups excluding carboxylic acids is 1. The van der Waals surface area contributed by atoms with E-state index in [0.717, 1.165) is 22.5 Å². The molecule has 0 aliphatic carbocycles. The molecule has 0 radical (unpaired) electrons. The fourth-order valence-corrected chi connectivity index (χ4v) is 2.86. The third-order valence-corrected chi connectivity index (χ3v) is 4.48. The number of amides is 1. The van der Waals surface area contributed by atoms with E-state index in [9.17, 15) is 4.79 Å². The molecular weight excluding hydrogens is 320 g/mol. The van der Waals surface area contributed by atoms with Gasteiger partial charge in [-0.25, -0.2) is 4.98 Å². The second-order valence-electron chi connectivity index (χ2n) is 5.47. The van der Waals surface area contributed by atoms with Crippen LogP contribution in [-0.4, -0.2) is 10.9 Å². The van der Waals surface area contributed by atoms with Gasteiger partial charge in [0.05, 0.1) is 16.8 Å². The number of aromatic nitrogens is 1. The van der Waals surface area contributed by atoms with E-state index < -0.39 is 0 Å². The predicted octanol–water partition coefficient (Wildman–Crippen LogP) is 4.59. The highest BCUT2D eigenvalue weighted by molar-refractivity contribution is 7.07. The Hall–Kier alpha value is -2.66. The zero-order valence-electron chi connectivity index (χ0n) is 13.6. The van der Waals surface area contributed by atoms with E-state index in [1.165, 1.54) is 11.3 Å². The number of benzene rings is 2. The average molecular weight is 338 g/mol. The summed E-state index contributed by atoms with van der Waals surface area (Å²) >= 11 is 1.52. The molecule has 0 saturated carbocycles. The first-order chi connectivity index (χ1) is 11.6. The van der Waals surface area contributed by atoms with Crippen molar-refractivity contribution in [1.82, 2.24) is 4.98 Å². The van der Waals surface area contributed by atoms with Gasteiger partial charge in [-0.2, -0.15) is 0 Å². The Kier molecular flexibility index (Phi) is 4.91. The molecule has 122 valence electrons. The maximum absolute atomic E-state index is 12.7. The van der Waals surface area contributed by atoms with Crippen LogP contribution in [0.25, 0.3) is 0 Å². The summed E-state index contributed by atoms with van der Waals surface area (Å²) in [5, 5.41) is 4.90. The first-order valence-electron chi connectivity index (χ1n) is 7.61. The van der Waals surface area contributed by atoms with Crippen LogP contribution in [0.15, 0.2) is 53.4 Å². The number of para-hydroxylation sites is 1. The molecule has 0 aliphatic heterocycles. The van der Waals surface area contributed by atoms with Gasteiger partial charge < -0.3 is 10.1 Å². The minimum absolute atomic E-state index is 0.183. The minimum Gasteiger partial charge on any atom is -0.486 e. The van der Waals surface area contributed by atoms with Crippen molar-refractivity contribution < 1.29 is 9.53 Å². The Bertz CT molecular complexity index is 844. The summed E-state index contributed by atoms with van der Waals surface area (Å²) in [6.07, 6.45) is 0. The fourth-order valence-electron chi connectivity index (χ4n) is 2.32. The molecule has 4 nitrogen and oxygen atoms in total. The molecule has 3 aromatic rings. The number of nitrogens with one attached hydrogen (secondary N) is 1. The van der Waals surface area contributed by atoms with E-state index in [1.807, 2.05) is 49.6 Å². The third-order valence-electron chi connectivity index (χ3n) is 3.84. The van der Waals surface area contributed by atoms with Crippen molar-refractivity contribution >= 4 is 22.9 Å².